The molecule has 0 bridgehead atoms. The average Bonchev–Trinajstić information content (AvgIpc) is 3.62. The van der Waals surface area contributed by atoms with Crippen molar-refractivity contribution in [2.75, 3.05) is 34.6 Å². The van der Waals surface area contributed by atoms with Crippen LogP contribution >= 0.6 is 11.6 Å². The van der Waals surface area contributed by atoms with Crippen molar-refractivity contribution in [3.05, 3.63) is 131 Å². The van der Waals surface area contributed by atoms with Crippen molar-refractivity contribution in [3.8, 4) is 11.1 Å². The number of carbonyl (C=O) groups is 3. The molecule has 1 aliphatic carbocycles. The van der Waals surface area contributed by atoms with E-state index in [0.29, 0.717) is 29.5 Å². The normalized spacial score (nSPS) is 14.9. The monoisotopic (exact) mass is 641 g/mol. The van der Waals surface area contributed by atoms with E-state index in [9.17, 15) is 14.4 Å². The Kier molecular flexibility index (Phi) is 8.23. The number of ether oxygens (including phenoxy) is 1. The number of amides is 3. The highest BCUT2D eigenvalue weighted by Crippen LogP contribution is 2.46. The van der Waals surface area contributed by atoms with Crippen molar-refractivity contribution < 1.29 is 19.1 Å². The van der Waals surface area contributed by atoms with E-state index in [1.807, 2.05) is 66.7 Å². The SMILES string of the molecule is CC(=O)Nc1cccc(C=CC(=O)N2CC(CCl)c3c2cc(NC(=O)OCC2c4ccccc4-c4ccccc42)c2ccccc32)c1. The number of anilines is 3. The fourth-order valence-electron chi connectivity index (χ4n) is 6.81. The van der Waals surface area contributed by atoms with E-state index in [4.69, 9.17) is 16.3 Å². The zero-order valence-electron chi connectivity index (χ0n) is 25.7. The number of halogens is 1. The Bertz CT molecular complexity index is 2030. The first-order valence-electron chi connectivity index (χ1n) is 15.5. The Balaban J connectivity index is 1.15. The first kappa shape index (κ1) is 30.3. The van der Waals surface area contributed by atoms with Crippen LogP contribution in [0.15, 0.2) is 109 Å². The zero-order valence-corrected chi connectivity index (χ0v) is 26.5. The van der Waals surface area contributed by atoms with Gasteiger partial charge >= 0.3 is 6.09 Å². The molecule has 0 spiro atoms. The summed E-state index contributed by atoms with van der Waals surface area (Å²) in [5, 5.41) is 7.50. The van der Waals surface area contributed by atoms with Gasteiger partial charge in [0, 0.05) is 48.3 Å². The van der Waals surface area contributed by atoms with E-state index in [1.165, 1.54) is 13.0 Å². The van der Waals surface area contributed by atoms with Crippen molar-refractivity contribution in [2.45, 2.75) is 18.8 Å². The molecule has 0 fully saturated rings. The maximum absolute atomic E-state index is 13.6. The summed E-state index contributed by atoms with van der Waals surface area (Å²) in [7, 11) is 0. The fourth-order valence-corrected chi connectivity index (χ4v) is 7.06. The van der Waals surface area contributed by atoms with E-state index in [1.54, 1.807) is 23.1 Å². The summed E-state index contributed by atoms with van der Waals surface area (Å²) in [6, 6.07) is 33.4. The van der Waals surface area contributed by atoms with E-state index in [0.717, 1.165) is 44.2 Å². The second-order valence-corrected chi connectivity index (χ2v) is 12.1. The van der Waals surface area contributed by atoms with Gasteiger partial charge in [-0.3, -0.25) is 14.9 Å². The summed E-state index contributed by atoms with van der Waals surface area (Å²) >= 11 is 6.46. The van der Waals surface area contributed by atoms with E-state index < -0.39 is 6.09 Å². The highest BCUT2D eigenvalue weighted by molar-refractivity contribution is 6.19. The molecule has 3 amide bonds. The smallest absolute Gasteiger partial charge is 0.411 e. The predicted molar refractivity (Wildman–Crippen MR) is 188 cm³/mol. The number of nitrogens with zero attached hydrogens (tertiary/aromatic N) is 1. The molecule has 2 aliphatic rings. The molecule has 1 atom stereocenters. The largest absolute Gasteiger partial charge is 0.448 e. The lowest BCUT2D eigenvalue weighted by molar-refractivity contribution is -0.115. The molecular formula is C39H32ClN3O4. The molecule has 1 heterocycles. The van der Waals surface area contributed by atoms with Crippen LogP contribution in [0, 0.1) is 0 Å². The zero-order chi connectivity index (χ0) is 32.5. The van der Waals surface area contributed by atoms with Gasteiger partial charge in [-0.15, -0.1) is 11.6 Å². The third-order valence-corrected chi connectivity index (χ3v) is 9.20. The van der Waals surface area contributed by atoms with Gasteiger partial charge < -0.3 is 15.0 Å². The molecule has 7 nitrogen and oxygen atoms in total. The second kappa shape index (κ2) is 12.8. The maximum Gasteiger partial charge on any atom is 0.411 e. The first-order valence-corrected chi connectivity index (χ1v) is 16.1. The molecule has 2 N–H and O–H groups in total. The molecular weight excluding hydrogens is 610 g/mol. The fraction of sp³-hybridized carbons (Fsp3) is 0.154. The Morgan fingerprint density at radius 3 is 2.23 bits per heavy atom. The summed E-state index contributed by atoms with van der Waals surface area (Å²) in [6.07, 6.45) is 2.67. The predicted octanol–water partition coefficient (Wildman–Crippen LogP) is 8.54. The van der Waals surface area contributed by atoms with Crippen LogP contribution in [0.25, 0.3) is 28.0 Å². The lowest BCUT2D eigenvalue weighted by Crippen LogP contribution is -2.28. The van der Waals surface area contributed by atoms with E-state index in [-0.39, 0.29) is 30.3 Å². The summed E-state index contributed by atoms with van der Waals surface area (Å²) in [4.78, 5) is 40.2. The topological polar surface area (TPSA) is 87.7 Å². The van der Waals surface area contributed by atoms with Crippen LogP contribution in [0.3, 0.4) is 0 Å². The van der Waals surface area contributed by atoms with Crippen LogP contribution in [0.2, 0.25) is 0 Å². The van der Waals surface area contributed by atoms with Crippen molar-refractivity contribution >= 4 is 63.4 Å². The molecule has 47 heavy (non-hydrogen) atoms. The van der Waals surface area contributed by atoms with Crippen molar-refractivity contribution in [3.63, 3.8) is 0 Å². The van der Waals surface area contributed by atoms with Gasteiger partial charge in [-0.05, 0) is 63.0 Å². The van der Waals surface area contributed by atoms with Gasteiger partial charge in [-0.25, -0.2) is 4.79 Å². The minimum Gasteiger partial charge on any atom is -0.448 e. The molecule has 5 aromatic carbocycles. The Morgan fingerprint density at radius 2 is 1.53 bits per heavy atom. The summed E-state index contributed by atoms with van der Waals surface area (Å²) in [6.45, 7) is 2.05. The van der Waals surface area contributed by atoms with Gasteiger partial charge in [0.1, 0.15) is 6.61 Å². The molecule has 0 saturated heterocycles. The maximum atomic E-state index is 13.6. The van der Waals surface area contributed by atoms with Crippen LogP contribution in [-0.4, -0.2) is 36.9 Å². The van der Waals surface area contributed by atoms with Crippen molar-refractivity contribution in [1.29, 1.82) is 0 Å². The molecule has 0 aromatic heterocycles. The van der Waals surface area contributed by atoms with Gasteiger partial charge in [-0.2, -0.15) is 0 Å². The first-order chi connectivity index (χ1) is 22.9. The quantitative estimate of drug-likeness (QED) is 0.138. The van der Waals surface area contributed by atoms with Crippen LogP contribution < -0.4 is 15.5 Å². The second-order valence-electron chi connectivity index (χ2n) is 11.8. The number of fused-ring (bicyclic) bond motifs is 6. The molecule has 234 valence electrons. The Labute approximate surface area is 277 Å². The van der Waals surface area contributed by atoms with Gasteiger partial charge in [0.15, 0.2) is 0 Å². The van der Waals surface area contributed by atoms with E-state index >= 15 is 0 Å². The van der Waals surface area contributed by atoms with Gasteiger partial charge in [-0.1, -0.05) is 84.9 Å². The molecule has 8 heteroatoms. The summed E-state index contributed by atoms with van der Waals surface area (Å²) in [5.74, 6) is -0.194. The lowest BCUT2D eigenvalue weighted by atomic mass is 9.95. The molecule has 0 radical (unpaired) electrons. The minimum atomic E-state index is -0.569. The number of rotatable bonds is 7. The van der Waals surface area contributed by atoms with Crippen LogP contribution in [0.5, 0.6) is 0 Å². The third kappa shape index (κ3) is 5.86. The average molecular weight is 642 g/mol. The van der Waals surface area contributed by atoms with E-state index in [2.05, 4.69) is 34.9 Å². The van der Waals surface area contributed by atoms with Crippen LogP contribution in [0.1, 0.15) is 41.0 Å². The molecule has 5 aromatic rings. The number of hydrogen-bond donors (Lipinski definition) is 2. The van der Waals surface area contributed by atoms with Crippen LogP contribution in [-0.2, 0) is 14.3 Å². The van der Waals surface area contributed by atoms with Crippen molar-refractivity contribution in [1.82, 2.24) is 0 Å². The number of nitrogens with one attached hydrogen (secondary N) is 2. The molecule has 1 unspecified atom stereocenters. The van der Waals surface area contributed by atoms with Gasteiger partial charge in [0.2, 0.25) is 5.91 Å². The standard InChI is InChI=1S/C39H32ClN3O4/c1-24(44)41-27-10-8-9-25(19-27)17-18-37(45)43-22-26(21-40)38-33-16-7-6-15-32(33)35(20-36(38)43)42-39(46)47-23-34-30-13-4-2-11-28(30)29-12-3-5-14-31(29)34/h2-20,26,34H,21-23H2,1H3,(H,41,44)(H,42,46). The summed E-state index contributed by atoms with van der Waals surface area (Å²) < 4.78 is 5.86. The lowest BCUT2D eigenvalue weighted by Gasteiger charge is -2.19. The number of hydrogen-bond acceptors (Lipinski definition) is 4. The van der Waals surface area contributed by atoms with Gasteiger partial charge in [0.05, 0.1) is 11.4 Å². The number of alkyl halides is 1. The third-order valence-electron chi connectivity index (χ3n) is 8.82. The van der Waals surface area contributed by atoms with Gasteiger partial charge in [0.25, 0.3) is 5.91 Å². The minimum absolute atomic E-state index is 0.0618. The Morgan fingerprint density at radius 1 is 0.851 bits per heavy atom. The van der Waals surface area contributed by atoms with Crippen LogP contribution in [0.4, 0.5) is 21.9 Å². The number of carbonyl (C=O) groups excluding carboxylic acids is 3. The highest BCUT2D eigenvalue weighted by Gasteiger charge is 2.34. The molecule has 1 aliphatic heterocycles. The Hall–Kier alpha value is -5.40. The summed E-state index contributed by atoms with van der Waals surface area (Å²) in [5.41, 5.74) is 8.25. The molecule has 7 rings (SSSR count). The number of benzene rings is 5. The highest BCUT2D eigenvalue weighted by atomic mass is 35.5. The van der Waals surface area contributed by atoms with Crippen molar-refractivity contribution in [2.24, 2.45) is 0 Å². The molecule has 0 saturated carbocycles.